The molecule has 0 aromatic heterocycles. The topological polar surface area (TPSA) is 52.5 Å². The number of benzene rings is 2. The molecule has 0 bridgehead atoms. The fourth-order valence-electron chi connectivity index (χ4n) is 3.88. The molecule has 30 heavy (non-hydrogen) atoms. The number of amidine groups is 1. The predicted molar refractivity (Wildman–Crippen MR) is 125 cm³/mol. The third kappa shape index (κ3) is 3.89. The van der Waals surface area contributed by atoms with Crippen LogP contribution in [0.4, 0.5) is 11.4 Å². The zero-order valence-electron chi connectivity index (χ0n) is 17.1. The van der Waals surface area contributed by atoms with Crippen LogP contribution in [0, 0.1) is 0 Å². The second-order valence-corrected chi connectivity index (χ2v) is 9.63. The number of aliphatic imine (C=N–C) groups is 2. The number of fused-ring (bicyclic) bond motifs is 3. The Balaban J connectivity index is 1.37. The van der Waals surface area contributed by atoms with E-state index in [1.807, 2.05) is 42.7 Å². The number of halogens is 1. The number of rotatable bonds is 5. The molecule has 0 radical (unpaired) electrons. The number of hydrogen-bond acceptors (Lipinski definition) is 7. The molecule has 0 saturated carbocycles. The Morgan fingerprint density at radius 1 is 1.17 bits per heavy atom. The molecule has 8 heteroatoms. The lowest BCUT2D eigenvalue weighted by atomic mass is 10.1. The van der Waals surface area contributed by atoms with Crippen molar-refractivity contribution in [2.24, 2.45) is 9.98 Å². The Kier molecular flexibility index (Phi) is 5.13. The first-order chi connectivity index (χ1) is 14.5. The van der Waals surface area contributed by atoms with Gasteiger partial charge in [0.15, 0.2) is 0 Å². The maximum atomic E-state index is 6.64. The molecule has 156 valence electrons. The largest absolute Gasteiger partial charge is 0.456 e. The van der Waals surface area contributed by atoms with Crippen molar-refractivity contribution in [3.05, 3.63) is 47.0 Å². The summed E-state index contributed by atoms with van der Waals surface area (Å²) in [7, 11) is 0. The summed E-state index contributed by atoms with van der Waals surface area (Å²) >= 11 is 8.24. The van der Waals surface area contributed by atoms with Crippen LogP contribution < -0.4 is 9.46 Å². The van der Waals surface area contributed by atoms with Gasteiger partial charge in [-0.05, 0) is 57.0 Å². The van der Waals surface area contributed by atoms with Gasteiger partial charge < -0.3 is 14.4 Å². The molecule has 2 aromatic rings. The van der Waals surface area contributed by atoms with Crippen LogP contribution in [-0.2, 0) is 0 Å². The normalized spacial score (nSPS) is 19.4. The number of nitrogens with one attached hydrogen (secondary N) is 1. The lowest BCUT2D eigenvalue weighted by molar-refractivity contribution is 0.477. The summed E-state index contributed by atoms with van der Waals surface area (Å²) in [5.74, 6) is 2.27. The van der Waals surface area contributed by atoms with Crippen LogP contribution in [0.1, 0.15) is 32.3 Å². The van der Waals surface area contributed by atoms with Gasteiger partial charge in [-0.2, -0.15) is 0 Å². The van der Waals surface area contributed by atoms with Crippen LogP contribution in [0.2, 0.25) is 5.02 Å². The minimum absolute atomic E-state index is 0.129. The molecule has 3 heterocycles. The molecule has 1 N–H and O–H groups in total. The Labute approximate surface area is 186 Å². The predicted octanol–water partition coefficient (Wildman–Crippen LogP) is 5.72. The molecular weight excluding hydrogens is 418 g/mol. The monoisotopic (exact) mass is 441 g/mol. The molecule has 5 rings (SSSR count). The summed E-state index contributed by atoms with van der Waals surface area (Å²) in [6, 6.07) is 11.7. The van der Waals surface area contributed by atoms with Crippen LogP contribution >= 0.6 is 23.7 Å². The third-order valence-electron chi connectivity index (χ3n) is 5.32. The average molecular weight is 442 g/mol. The van der Waals surface area contributed by atoms with Gasteiger partial charge in [-0.3, -0.25) is 4.99 Å². The van der Waals surface area contributed by atoms with Gasteiger partial charge in [0.25, 0.3) is 0 Å². The zero-order valence-corrected chi connectivity index (χ0v) is 18.6. The standard InChI is InChI=1S/C22H24ClN5OS/c1-22(2)13-27-14-24-17-9-8-15(12-16(17)21(27)25-22)29-19-7-5-6-18(20(19)23)26-30-28-10-3-4-11-28/h5-9,12,14,26H,3-4,10-11,13H2,1-2H3. The SMILES string of the molecule is CC1(C)CN2C=Nc3ccc(Oc4cccc(NSN5CCCC5)c4Cl)cc3C2=N1. The highest BCUT2D eigenvalue weighted by Crippen LogP contribution is 2.39. The maximum absolute atomic E-state index is 6.64. The molecule has 3 aliphatic heterocycles. The van der Waals surface area contributed by atoms with E-state index in [4.69, 9.17) is 21.3 Å². The summed E-state index contributed by atoms with van der Waals surface area (Å²) in [6.45, 7) is 7.28. The Morgan fingerprint density at radius 3 is 2.83 bits per heavy atom. The van der Waals surface area contributed by atoms with Gasteiger partial charge in [-0.15, -0.1) is 0 Å². The summed E-state index contributed by atoms with van der Waals surface area (Å²) < 4.78 is 11.8. The van der Waals surface area contributed by atoms with Crippen molar-refractivity contribution in [2.75, 3.05) is 24.4 Å². The molecule has 0 unspecified atom stereocenters. The molecule has 2 aromatic carbocycles. The summed E-state index contributed by atoms with van der Waals surface area (Å²) in [5, 5.41) is 0.570. The van der Waals surface area contributed by atoms with E-state index in [-0.39, 0.29) is 5.54 Å². The third-order valence-corrected chi connectivity index (χ3v) is 6.65. The molecule has 0 atom stereocenters. The van der Waals surface area contributed by atoms with Crippen molar-refractivity contribution >= 4 is 47.3 Å². The van der Waals surface area contributed by atoms with Gasteiger partial charge in [0.1, 0.15) is 22.4 Å². The van der Waals surface area contributed by atoms with Gasteiger partial charge in [-0.25, -0.2) is 9.30 Å². The number of hydrogen-bond donors (Lipinski definition) is 1. The summed E-state index contributed by atoms with van der Waals surface area (Å²) in [6.07, 6.45) is 4.35. The quantitative estimate of drug-likeness (QED) is 0.601. The van der Waals surface area contributed by atoms with Crippen molar-refractivity contribution < 1.29 is 4.74 Å². The molecule has 0 aliphatic carbocycles. The van der Waals surface area contributed by atoms with Gasteiger partial charge >= 0.3 is 0 Å². The fourth-order valence-corrected chi connectivity index (χ4v) is 4.99. The average Bonchev–Trinajstić information content (AvgIpc) is 3.35. The van der Waals surface area contributed by atoms with Crippen LogP contribution in [0.15, 0.2) is 46.4 Å². The van der Waals surface area contributed by atoms with E-state index in [9.17, 15) is 0 Å². The molecule has 1 saturated heterocycles. The van der Waals surface area contributed by atoms with E-state index < -0.39 is 0 Å². The van der Waals surface area contributed by atoms with E-state index in [0.29, 0.717) is 16.5 Å². The number of ether oxygens (including phenoxy) is 1. The van der Waals surface area contributed by atoms with E-state index in [1.54, 1.807) is 12.1 Å². The van der Waals surface area contributed by atoms with Gasteiger partial charge in [0, 0.05) is 30.8 Å². The maximum Gasteiger partial charge on any atom is 0.148 e. The van der Waals surface area contributed by atoms with E-state index >= 15 is 0 Å². The molecule has 1 fully saturated rings. The van der Waals surface area contributed by atoms with Crippen molar-refractivity contribution in [2.45, 2.75) is 32.2 Å². The lowest BCUT2D eigenvalue weighted by Gasteiger charge is -2.22. The van der Waals surface area contributed by atoms with Crippen LogP contribution in [0.5, 0.6) is 11.5 Å². The number of anilines is 1. The first-order valence-electron chi connectivity index (χ1n) is 10.2. The molecular formula is C22H24ClN5OS. The summed E-state index contributed by atoms with van der Waals surface area (Å²) in [5.41, 5.74) is 2.60. The second kappa shape index (κ2) is 7.80. The highest BCUT2D eigenvalue weighted by Gasteiger charge is 2.34. The van der Waals surface area contributed by atoms with E-state index in [0.717, 1.165) is 42.4 Å². The van der Waals surface area contributed by atoms with Crippen LogP contribution in [-0.4, -0.2) is 46.6 Å². The number of nitrogens with zero attached hydrogens (tertiary/aromatic N) is 4. The van der Waals surface area contributed by atoms with Crippen molar-refractivity contribution in [1.29, 1.82) is 0 Å². The molecule has 0 spiro atoms. The van der Waals surface area contributed by atoms with Gasteiger partial charge in [-0.1, -0.05) is 17.7 Å². The molecule has 3 aliphatic rings. The summed E-state index contributed by atoms with van der Waals surface area (Å²) in [4.78, 5) is 11.5. The highest BCUT2D eigenvalue weighted by molar-refractivity contribution is 7.98. The van der Waals surface area contributed by atoms with Crippen molar-refractivity contribution in [3.63, 3.8) is 0 Å². The lowest BCUT2D eigenvalue weighted by Crippen LogP contribution is -2.33. The smallest absolute Gasteiger partial charge is 0.148 e. The van der Waals surface area contributed by atoms with Gasteiger partial charge in [0.2, 0.25) is 0 Å². The van der Waals surface area contributed by atoms with Crippen molar-refractivity contribution in [3.8, 4) is 11.5 Å². The highest BCUT2D eigenvalue weighted by atomic mass is 35.5. The molecule has 6 nitrogen and oxygen atoms in total. The first-order valence-corrected chi connectivity index (χ1v) is 11.3. The van der Waals surface area contributed by atoms with E-state index in [2.05, 4.69) is 32.8 Å². The minimum Gasteiger partial charge on any atom is -0.456 e. The first kappa shape index (κ1) is 19.7. The second-order valence-electron chi connectivity index (χ2n) is 8.35. The minimum atomic E-state index is -0.129. The Hall–Kier alpha value is -2.22. The van der Waals surface area contributed by atoms with Crippen LogP contribution in [0.25, 0.3) is 0 Å². The fraction of sp³-hybridized carbons (Fsp3) is 0.364. The zero-order chi connectivity index (χ0) is 20.7. The van der Waals surface area contributed by atoms with E-state index in [1.165, 1.54) is 12.8 Å². The van der Waals surface area contributed by atoms with Gasteiger partial charge in [0.05, 0.1) is 29.8 Å². The van der Waals surface area contributed by atoms with Crippen molar-refractivity contribution in [1.82, 2.24) is 9.21 Å². The Morgan fingerprint density at radius 2 is 2.00 bits per heavy atom. The van der Waals surface area contributed by atoms with Crippen LogP contribution in [0.3, 0.4) is 0 Å². The molecule has 0 amide bonds. The Bertz CT molecular complexity index is 1030.